The number of methoxy groups -OCH3 is 1. The molecule has 0 bridgehead atoms. The first kappa shape index (κ1) is 22.0. The van der Waals surface area contributed by atoms with E-state index in [9.17, 15) is 9.59 Å². The molecule has 1 heterocycles. The maximum atomic E-state index is 12.4. The van der Waals surface area contributed by atoms with Gasteiger partial charge in [0.1, 0.15) is 22.5 Å². The number of nitrogens with zero attached hydrogens (tertiary/aromatic N) is 2. The molecule has 162 valence electrons. The van der Waals surface area contributed by atoms with Gasteiger partial charge in [-0.2, -0.15) is 0 Å². The highest BCUT2D eigenvalue weighted by atomic mass is 32.1. The Morgan fingerprint density at radius 1 is 1.06 bits per heavy atom. The normalized spacial score (nSPS) is 11.3. The zero-order valence-corrected chi connectivity index (χ0v) is 18.2. The van der Waals surface area contributed by atoms with E-state index >= 15 is 0 Å². The maximum absolute atomic E-state index is 12.4. The Kier molecular flexibility index (Phi) is 7.39. The summed E-state index contributed by atoms with van der Waals surface area (Å²) in [5.41, 5.74) is 1.38. The Bertz CT molecular complexity index is 1040. The van der Waals surface area contributed by atoms with Crippen LogP contribution in [-0.2, 0) is 4.79 Å². The number of carbonyl (C=O) groups is 2. The number of hydrogen-bond donors (Lipinski definition) is 3. The van der Waals surface area contributed by atoms with Crippen molar-refractivity contribution in [1.82, 2.24) is 15.5 Å². The summed E-state index contributed by atoms with van der Waals surface area (Å²) < 4.78 is 10.6. The van der Waals surface area contributed by atoms with Crippen LogP contribution in [0.3, 0.4) is 0 Å². The van der Waals surface area contributed by atoms with E-state index in [0.717, 1.165) is 11.3 Å². The molecule has 2 aromatic carbocycles. The molecule has 3 aromatic rings. The Labute approximate surface area is 183 Å². The van der Waals surface area contributed by atoms with E-state index in [1.54, 1.807) is 32.2 Å². The lowest BCUT2D eigenvalue weighted by Gasteiger charge is -2.15. The predicted molar refractivity (Wildman–Crippen MR) is 120 cm³/mol. The number of aromatic nitrogens is 2. The molecule has 0 saturated carbocycles. The topological polar surface area (TPSA) is 114 Å². The molecular weight excluding hydrogens is 418 g/mol. The van der Waals surface area contributed by atoms with Gasteiger partial charge in [-0.1, -0.05) is 23.5 Å². The number of benzene rings is 2. The maximum Gasteiger partial charge on any atom is 0.319 e. The van der Waals surface area contributed by atoms with E-state index in [2.05, 4.69) is 26.1 Å². The van der Waals surface area contributed by atoms with E-state index in [1.165, 1.54) is 11.3 Å². The predicted octanol–water partition coefficient (Wildman–Crippen LogP) is 3.76. The molecule has 31 heavy (non-hydrogen) atoms. The van der Waals surface area contributed by atoms with E-state index in [-0.39, 0.29) is 0 Å². The second-order valence-electron chi connectivity index (χ2n) is 6.38. The van der Waals surface area contributed by atoms with Gasteiger partial charge >= 0.3 is 6.03 Å². The van der Waals surface area contributed by atoms with Crippen molar-refractivity contribution < 1.29 is 19.1 Å². The molecule has 0 aliphatic heterocycles. The SMILES string of the molecule is CCOc1ccccc1NC(=O)NC(C)C(=O)Nc1nnc(-c2ccc(OC)cc2)s1. The summed E-state index contributed by atoms with van der Waals surface area (Å²) >= 11 is 1.23. The van der Waals surface area contributed by atoms with Gasteiger partial charge in [-0.3, -0.25) is 10.1 Å². The molecule has 0 aliphatic rings. The van der Waals surface area contributed by atoms with Gasteiger partial charge in [0.15, 0.2) is 0 Å². The zero-order valence-electron chi connectivity index (χ0n) is 17.3. The number of anilines is 2. The van der Waals surface area contributed by atoms with Crippen molar-refractivity contribution in [2.45, 2.75) is 19.9 Å². The molecule has 1 atom stereocenters. The van der Waals surface area contributed by atoms with Crippen molar-refractivity contribution in [3.63, 3.8) is 0 Å². The molecule has 1 unspecified atom stereocenters. The quantitative estimate of drug-likeness (QED) is 0.490. The molecule has 3 rings (SSSR count). The molecule has 3 amide bonds. The van der Waals surface area contributed by atoms with Gasteiger partial charge in [-0.15, -0.1) is 10.2 Å². The van der Waals surface area contributed by atoms with Gasteiger partial charge in [0, 0.05) is 5.56 Å². The third-order valence-electron chi connectivity index (χ3n) is 4.17. The summed E-state index contributed by atoms with van der Waals surface area (Å²) in [6, 6.07) is 13.1. The Balaban J connectivity index is 1.56. The van der Waals surface area contributed by atoms with Crippen molar-refractivity contribution in [2.75, 3.05) is 24.4 Å². The number of rotatable bonds is 8. The highest BCUT2D eigenvalue weighted by Crippen LogP contribution is 2.28. The lowest BCUT2D eigenvalue weighted by molar-refractivity contribution is -0.117. The number of amides is 3. The minimum absolute atomic E-state index is 0.339. The van der Waals surface area contributed by atoms with Crippen molar-refractivity contribution in [2.24, 2.45) is 0 Å². The van der Waals surface area contributed by atoms with Crippen LogP contribution in [0.1, 0.15) is 13.8 Å². The Morgan fingerprint density at radius 2 is 1.81 bits per heavy atom. The lowest BCUT2D eigenvalue weighted by Crippen LogP contribution is -2.43. The van der Waals surface area contributed by atoms with Gasteiger partial charge in [0.25, 0.3) is 0 Å². The van der Waals surface area contributed by atoms with Crippen molar-refractivity contribution >= 4 is 34.1 Å². The molecule has 0 saturated heterocycles. The number of para-hydroxylation sites is 2. The van der Waals surface area contributed by atoms with Crippen LogP contribution in [0.2, 0.25) is 0 Å². The second kappa shape index (κ2) is 10.4. The van der Waals surface area contributed by atoms with Crippen LogP contribution in [0.15, 0.2) is 48.5 Å². The Morgan fingerprint density at radius 3 is 2.52 bits per heavy atom. The first-order chi connectivity index (χ1) is 15.0. The third-order valence-corrected chi connectivity index (χ3v) is 5.06. The molecule has 3 N–H and O–H groups in total. The summed E-state index contributed by atoms with van der Waals surface area (Å²) in [6.45, 7) is 3.91. The second-order valence-corrected chi connectivity index (χ2v) is 7.36. The van der Waals surface area contributed by atoms with Gasteiger partial charge in [-0.05, 0) is 50.2 Å². The van der Waals surface area contributed by atoms with Crippen molar-refractivity contribution in [3.8, 4) is 22.1 Å². The van der Waals surface area contributed by atoms with E-state index < -0.39 is 18.0 Å². The summed E-state index contributed by atoms with van der Waals surface area (Å²) in [6.07, 6.45) is 0. The van der Waals surface area contributed by atoms with Crippen LogP contribution in [0.5, 0.6) is 11.5 Å². The molecule has 9 nitrogen and oxygen atoms in total. The monoisotopic (exact) mass is 441 g/mol. The lowest BCUT2D eigenvalue weighted by atomic mass is 10.2. The van der Waals surface area contributed by atoms with E-state index in [0.29, 0.717) is 28.2 Å². The minimum atomic E-state index is -0.799. The molecule has 0 aliphatic carbocycles. The Hall–Kier alpha value is -3.66. The largest absolute Gasteiger partial charge is 0.497 e. The summed E-state index contributed by atoms with van der Waals surface area (Å²) in [7, 11) is 1.60. The summed E-state index contributed by atoms with van der Waals surface area (Å²) in [5, 5.41) is 17.0. The molecule has 0 spiro atoms. The fourth-order valence-corrected chi connectivity index (χ4v) is 3.36. The standard InChI is InChI=1S/C21H23N5O4S/c1-4-30-17-8-6-5-7-16(17)23-20(28)22-13(2)18(27)24-21-26-25-19(31-21)14-9-11-15(29-3)12-10-14/h5-13H,4H2,1-3H3,(H2,22,23,28)(H,24,26,27). The average Bonchev–Trinajstić information content (AvgIpc) is 3.23. The number of carbonyl (C=O) groups excluding carboxylic acids is 2. The molecule has 0 radical (unpaired) electrons. The highest BCUT2D eigenvalue weighted by Gasteiger charge is 2.18. The van der Waals surface area contributed by atoms with Crippen molar-refractivity contribution in [3.05, 3.63) is 48.5 Å². The fraction of sp³-hybridized carbons (Fsp3) is 0.238. The zero-order chi connectivity index (χ0) is 22.2. The van der Waals surface area contributed by atoms with Gasteiger partial charge in [-0.25, -0.2) is 4.79 Å². The fourth-order valence-electron chi connectivity index (χ4n) is 2.61. The minimum Gasteiger partial charge on any atom is -0.497 e. The third kappa shape index (κ3) is 5.92. The summed E-state index contributed by atoms with van der Waals surface area (Å²) in [4.78, 5) is 24.7. The summed E-state index contributed by atoms with van der Waals surface area (Å²) in [5.74, 6) is 0.881. The number of urea groups is 1. The van der Waals surface area contributed by atoms with E-state index in [4.69, 9.17) is 9.47 Å². The van der Waals surface area contributed by atoms with Crippen LogP contribution >= 0.6 is 11.3 Å². The smallest absolute Gasteiger partial charge is 0.319 e. The van der Waals surface area contributed by atoms with Gasteiger partial charge < -0.3 is 20.1 Å². The van der Waals surface area contributed by atoms with Gasteiger partial charge in [0.2, 0.25) is 11.0 Å². The van der Waals surface area contributed by atoms with Gasteiger partial charge in [0.05, 0.1) is 19.4 Å². The average molecular weight is 442 g/mol. The van der Waals surface area contributed by atoms with Crippen LogP contribution in [0.4, 0.5) is 15.6 Å². The number of hydrogen-bond acceptors (Lipinski definition) is 7. The first-order valence-corrected chi connectivity index (χ1v) is 10.4. The van der Waals surface area contributed by atoms with Crippen LogP contribution < -0.4 is 25.4 Å². The molecule has 1 aromatic heterocycles. The van der Waals surface area contributed by atoms with Crippen LogP contribution in [0, 0.1) is 0 Å². The number of ether oxygens (including phenoxy) is 2. The molecular formula is C21H23N5O4S. The first-order valence-electron chi connectivity index (χ1n) is 9.58. The van der Waals surface area contributed by atoms with Crippen molar-refractivity contribution in [1.29, 1.82) is 0 Å². The van der Waals surface area contributed by atoms with Crippen LogP contribution in [0.25, 0.3) is 10.6 Å². The molecule has 10 heteroatoms. The molecule has 0 fully saturated rings. The number of nitrogens with one attached hydrogen (secondary N) is 3. The van der Waals surface area contributed by atoms with E-state index in [1.807, 2.05) is 37.3 Å². The van der Waals surface area contributed by atoms with Crippen LogP contribution in [-0.4, -0.2) is 41.9 Å². The highest BCUT2D eigenvalue weighted by molar-refractivity contribution is 7.18.